The van der Waals surface area contributed by atoms with Crippen molar-refractivity contribution >= 4 is 5.97 Å². The molecule has 4 heteroatoms. The number of methoxy groups -OCH3 is 1. The Bertz CT molecular complexity index is 620. The molecule has 4 nitrogen and oxygen atoms in total. The number of rotatable bonds is 4. The maximum Gasteiger partial charge on any atom is 0.305 e. The van der Waals surface area contributed by atoms with Gasteiger partial charge in [-0.25, -0.2) is 0 Å². The topological polar surface area (TPSA) is 66.8 Å². The summed E-state index contributed by atoms with van der Waals surface area (Å²) in [6.45, 7) is 7.29. The van der Waals surface area contributed by atoms with Crippen molar-refractivity contribution in [1.29, 1.82) is 0 Å². The highest BCUT2D eigenvalue weighted by Crippen LogP contribution is 2.68. The van der Waals surface area contributed by atoms with Crippen LogP contribution in [0.1, 0.15) is 85.0 Å². The van der Waals surface area contributed by atoms with Gasteiger partial charge in [0, 0.05) is 6.42 Å². The lowest BCUT2D eigenvalue weighted by molar-refractivity contribution is -0.174. The molecule has 4 fully saturated rings. The fraction of sp³-hybridized carbons (Fsp3) is 0.960. The normalized spacial score (nSPS) is 50.2. The Morgan fingerprint density at radius 2 is 1.72 bits per heavy atom. The van der Waals surface area contributed by atoms with Gasteiger partial charge in [-0.15, -0.1) is 0 Å². The van der Waals surface area contributed by atoms with E-state index < -0.39 is 0 Å². The van der Waals surface area contributed by atoms with E-state index in [0.29, 0.717) is 47.3 Å². The zero-order chi connectivity index (χ0) is 21.0. The van der Waals surface area contributed by atoms with Gasteiger partial charge >= 0.3 is 5.97 Å². The second-order valence-corrected chi connectivity index (χ2v) is 11.5. The van der Waals surface area contributed by atoms with Crippen molar-refractivity contribution in [3.8, 4) is 0 Å². The molecule has 4 aliphatic rings. The van der Waals surface area contributed by atoms with E-state index in [4.69, 9.17) is 4.74 Å². The van der Waals surface area contributed by atoms with Gasteiger partial charge in [0.05, 0.1) is 19.3 Å². The first-order chi connectivity index (χ1) is 13.7. The van der Waals surface area contributed by atoms with Crippen LogP contribution in [0.2, 0.25) is 0 Å². The third-order valence-electron chi connectivity index (χ3n) is 10.4. The van der Waals surface area contributed by atoms with Crippen LogP contribution in [0.4, 0.5) is 0 Å². The van der Waals surface area contributed by atoms with Crippen LogP contribution in [0.3, 0.4) is 0 Å². The lowest BCUT2D eigenvalue weighted by atomic mass is 9.43. The van der Waals surface area contributed by atoms with E-state index in [0.717, 1.165) is 32.1 Å². The molecule has 10 atom stereocenters. The van der Waals surface area contributed by atoms with E-state index in [-0.39, 0.29) is 23.6 Å². The van der Waals surface area contributed by atoms with Crippen LogP contribution in [-0.4, -0.2) is 35.5 Å². The summed E-state index contributed by atoms with van der Waals surface area (Å²) < 4.78 is 4.86. The Labute approximate surface area is 176 Å². The Hall–Kier alpha value is -0.610. The lowest BCUT2D eigenvalue weighted by Gasteiger charge is -2.62. The van der Waals surface area contributed by atoms with Crippen molar-refractivity contribution in [2.24, 2.45) is 46.3 Å². The first kappa shape index (κ1) is 21.6. The highest BCUT2D eigenvalue weighted by Gasteiger charge is 2.62. The van der Waals surface area contributed by atoms with Gasteiger partial charge < -0.3 is 14.9 Å². The Balaban J connectivity index is 1.53. The van der Waals surface area contributed by atoms with E-state index in [9.17, 15) is 15.0 Å². The maximum absolute atomic E-state index is 11.6. The molecule has 0 heterocycles. The molecule has 4 unspecified atom stereocenters. The van der Waals surface area contributed by atoms with Crippen molar-refractivity contribution in [3.05, 3.63) is 0 Å². The number of esters is 1. The molecule has 4 rings (SSSR count). The fourth-order valence-electron chi connectivity index (χ4n) is 8.82. The summed E-state index contributed by atoms with van der Waals surface area (Å²) in [6.07, 6.45) is 9.80. The van der Waals surface area contributed by atoms with Crippen molar-refractivity contribution in [2.45, 2.75) is 97.2 Å². The summed E-state index contributed by atoms with van der Waals surface area (Å²) in [5.74, 6) is 3.17. The van der Waals surface area contributed by atoms with Gasteiger partial charge in [0.25, 0.3) is 0 Å². The van der Waals surface area contributed by atoms with E-state index in [1.165, 1.54) is 32.8 Å². The average Bonchev–Trinajstić information content (AvgIpc) is 3.04. The highest BCUT2D eigenvalue weighted by atomic mass is 16.5. The zero-order valence-electron chi connectivity index (χ0n) is 18.9. The van der Waals surface area contributed by atoms with Gasteiger partial charge in [0.1, 0.15) is 0 Å². The van der Waals surface area contributed by atoms with E-state index in [2.05, 4.69) is 20.8 Å². The molecular weight excluding hydrogens is 364 g/mol. The summed E-state index contributed by atoms with van der Waals surface area (Å²) in [5, 5.41) is 21.5. The smallest absolute Gasteiger partial charge is 0.305 e. The molecule has 0 radical (unpaired) electrons. The number of aliphatic hydroxyl groups excluding tert-OH is 2. The molecule has 0 aromatic heterocycles. The van der Waals surface area contributed by atoms with Crippen molar-refractivity contribution in [3.63, 3.8) is 0 Å². The van der Waals surface area contributed by atoms with Crippen LogP contribution in [-0.2, 0) is 9.53 Å². The molecule has 0 aromatic rings. The number of carbonyl (C=O) groups excluding carboxylic acids is 1. The summed E-state index contributed by atoms with van der Waals surface area (Å²) in [6, 6.07) is 0. The van der Waals surface area contributed by atoms with Crippen LogP contribution in [0, 0.1) is 46.3 Å². The zero-order valence-corrected chi connectivity index (χ0v) is 18.9. The quantitative estimate of drug-likeness (QED) is 0.671. The SMILES string of the molecule is COC(=O)CC[C@@H](C)C1CCC2C3C(CC[C@@]21C)[C@@]1(C)CC[C@@H](O)C[C@H]1C[C@H]3O. The second kappa shape index (κ2) is 7.82. The molecule has 0 bridgehead atoms. The standard InChI is InChI=1S/C25H42O4/c1-15(5-8-22(28)29-4)18-6-7-19-23-20(10-12-25(18,19)3)24(2)11-9-17(26)13-16(24)14-21(23)27/h15-21,23,26-27H,5-14H2,1-4H3/t15-,16+,17-,18?,19?,20?,21-,23?,24+,25-/m1/s1. The van der Waals surface area contributed by atoms with Crippen LogP contribution in [0.5, 0.6) is 0 Å². The predicted molar refractivity (Wildman–Crippen MR) is 113 cm³/mol. The number of carbonyl (C=O) groups is 1. The molecule has 2 N–H and O–H groups in total. The Morgan fingerprint density at radius 3 is 2.45 bits per heavy atom. The second-order valence-electron chi connectivity index (χ2n) is 11.5. The Morgan fingerprint density at radius 1 is 1.03 bits per heavy atom. The van der Waals surface area contributed by atoms with Gasteiger partial charge in [-0.2, -0.15) is 0 Å². The van der Waals surface area contributed by atoms with Gasteiger partial charge in [-0.3, -0.25) is 4.79 Å². The summed E-state index contributed by atoms with van der Waals surface area (Å²) in [4.78, 5) is 11.6. The van der Waals surface area contributed by atoms with Crippen molar-refractivity contribution in [2.75, 3.05) is 7.11 Å². The molecule has 0 amide bonds. The highest BCUT2D eigenvalue weighted by molar-refractivity contribution is 5.69. The van der Waals surface area contributed by atoms with Gasteiger partial charge in [0.15, 0.2) is 0 Å². The third-order valence-corrected chi connectivity index (χ3v) is 10.4. The molecule has 4 aliphatic carbocycles. The van der Waals surface area contributed by atoms with Crippen LogP contribution in [0.25, 0.3) is 0 Å². The minimum atomic E-state index is -0.211. The molecule has 0 aliphatic heterocycles. The summed E-state index contributed by atoms with van der Waals surface area (Å²) >= 11 is 0. The molecule has 0 aromatic carbocycles. The predicted octanol–water partition coefficient (Wildman–Crippen LogP) is 4.57. The molecule has 29 heavy (non-hydrogen) atoms. The third kappa shape index (κ3) is 3.46. The number of fused-ring (bicyclic) bond motifs is 5. The number of ether oxygens (including phenoxy) is 1. The minimum absolute atomic E-state index is 0.0959. The van der Waals surface area contributed by atoms with Crippen LogP contribution < -0.4 is 0 Å². The number of aliphatic hydroxyl groups is 2. The van der Waals surface area contributed by atoms with Gasteiger partial charge in [-0.05, 0) is 104 Å². The Kier molecular flexibility index (Phi) is 5.83. The van der Waals surface area contributed by atoms with Crippen molar-refractivity contribution in [1.82, 2.24) is 0 Å². The monoisotopic (exact) mass is 406 g/mol. The number of hydrogen-bond donors (Lipinski definition) is 2. The van der Waals surface area contributed by atoms with Crippen LogP contribution >= 0.6 is 0 Å². The minimum Gasteiger partial charge on any atom is -0.469 e. The average molecular weight is 407 g/mol. The van der Waals surface area contributed by atoms with Crippen molar-refractivity contribution < 1.29 is 19.7 Å². The largest absolute Gasteiger partial charge is 0.469 e. The van der Waals surface area contributed by atoms with E-state index in [1.807, 2.05) is 0 Å². The van der Waals surface area contributed by atoms with Crippen LogP contribution in [0.15, 0.2) is 0 Å². The molecule has 0 spiro atoms. The molecular formula is C25H42O4. The maximum atomic E-state index is 11.6. The van der Waals surface area contributed by atoms with E-state index >= 15 is 0 Å². The summed E-state index contributed by atoms with van der Waals surface area (Å²) in [5.41, 5.74) is 0.577. The fourth-order valence-corrected chi connectivity index (χ4v) is 8.82. The first-order valence-electron chi connectivity index (χ1n) is 12.1. The number of hydrogen-bond acceptors (Lipinski definition) is 4. The summed E-state index contributed by atoms with van der Waals surface area (Å²) in [7, 11) is 1.48. The molecule has 166 valence electrons. The lowest BCUT2D eigenvalue weighted by Crippen LogP contribution is -2.58. The molecule has 4 saturated carbocycles. The van der Waals surface area contributed by atoms with E-state index in [1.54, 1.807) is 0 Å². The van der Waals surface area contributed by atoms with Gasteiger partial charge in [-0.1, -0.05) is 20.8 Å². The molecule has 0 saturated heterocycles. The van der Waals surface area contributed by atoms with Gasteiger partial charge in [0.2, 0.25) is 0 Å². The first-order valence-corrected chi connectivity index (χ1v) is 12.1.